The van der Waals surface area contributed by atoms with Crippen molar-refractivity contribution in [1.29, 1.82) is 0 Å². The monoisotopic (exact) mass is 105 g/mol. The fourth-order valence-corrected chi connectivity index (χ4v) is 0.186. The zero-order valence-corrected chi connectivity index (χ0v) is 4.07. The van der Waals surface area contributed by atoms with E-state index in [2.05, 4.69) is 16.5 Å². The van der Waals surface area contributed by atoms with Gasteiger partial charge in [0.25, 0.3) is 0 Å². The average Bonchev–Trinajstić information content (AvgIpc) is 1.69. The number of hydrogen-bond donors (Lipinski definition) is 5. The lowest BCUT2D eigenvalue weighted by Gasteiger charge is -2.00. The highest BCUT2D eigenvalue weighted by Gasteiger charge is 1.73. The highest BCUT2D eigenvalue weighted by molar-refractivity contribution is 4.33. The van der Waals surface area contributed by atoms with Crippen molar-refractivity contribution in [3.05, 3.63) is 0 Å². The molecule has 0 saturated heterocycles. The molecule has 0 aromatic heterocycles. The second-order valence-electron chi connectivity index (χ2n) is 0.985. The summed E-state index contributed by atoms with van der Waals surface area (Å²) in [5.41, 5.74) is 12.4. The van der Waals surface area contributed by atoms with Crippen molar-refractivity contribution in [3.63, 3.8) is 0 Å². The molecule has 0 unspecified atom stereocenters. The van der Waals surface area contributed by atoms with Gasteiger partial charge < -0.3 is 5.73 Å². The van der Waals surface area contributed by atoms with Crippen molar-refractivity contribution in [1.82, 2.24) is 16.5 Å². The zero-order chi connectivity index (χ0) is 5.54. The average molecular weight is 105 g/mol. The molecule has 44 valence electrons. The Hall–Kier alpha value is -0.200. The first-order valence-corrected chi connectivity index (χ1v) is 2.05. The maximum atomic E-state index is 5.10. The summed E-state index contributed by atoms with van der Waals surface area (Å²) in [5.74, 6) is 4.80. The van der Waals surface area contributed by atoms with Gasteiger partial charge in [-0.05, 0) is 0 Å². The Morgan fingerprint density at radius 3 is 2.57 bits per heavy atom. The maximum Gasteiger partial charge on any atom is 0.0237 e. The normalized spacial score (nSPS) is 9.43. The van der Waals surface area contributed by atoms with E-state index in [1.165, 1.54) is 0 Å². The van der Waals surface area contributed by atoms with Gasteiger partial charge in [-0.2, -0.15) is 11.1 Å². The molecule has 0 radical (unpaired) electrons. The van der Waals surface area contributed by atoms with Crippen LogP contribution >= 0.6 is 0 Å². The van der Waals surface area contributed by atoms with E-state index < -0.39 is 0 Å². The standard InChI is InChI=1S/C2H11N5/c3-1-2-5-7-6-4/h5-7H,1-4H2. The predicted octanol–water partition coefficient (Wildman–Crippen LogP) is -2.58. The summed E-state index contributed by atoms with van der Waals surface area (Å²) in [6, 6.07) is 0. The van der Waals surface area contributed by atoms with Gasteiger partial charge in [0, 0.05) is 13.1 Å². The molecule has 0 saturated carbocycles. The molecule has 5 heteroatoms. The largest absolute Gasteiger partial charge is 0.329 e. The summed E-state index contributed by atoms with van der Waals surface area (Å²) in [7, 11) is 0. The molecule has 0 heterocycles. The summed E-state index contributed by atoms with van der Waals surface area (Å²) in [6.45, 7) is 1.29. The summed E-state index contributed by atoms with van der Waals surface area (Å²) >= 11 is 0. The van der Waals surface area contributed by atoms with E-state index in [-0.39, 0.29) is 0 Å². The third-order valence-electron chi connectivity index (χ3n) is 0.430. The first-order valence-electron chi connectivity index (χ1n) is 2.05. The van der Waals surface area contributed by atoms with E-state index >= 15 is 0 Å². The van der Waals surface area contributed by atoms with Gasteiger partial charge in [0.2, 0.25) is 0 Å². The van der Waals surface area contributed by atoms with Crippen LogP contribution in [0.15, 0.2) is 0 Å². The molecule has 0 aromatic carbocycles. The topological polar surface area (TPSA) is 88.1 Å². The van der Waals surface area contributed by atoms with Gasteiger partial charge in [0.15, 0.2) is 0 Å². The first-order chi connectivity index (χ1) is 3.41. The van der Waals surface area contributed by atoms with Gasteiger partial charge in [-0.1, -0.05) is 0 Å². The maximum absolute atomic E-state index is 5.10. The number of hydrazine groups is 3. The van der Waals surface area contributed by atoms with Crippen molar-refractivity contribution in [3.8, 4) is 0 Å². The Bertz CT molecular complexity index is 25.3. The molecule has 0 aliphatic rings. The number of nitrogens with one attached hydrogen (secondary N) is 3. The molecule has 0 rings (SSSR count). The van der Waals surface area contributed by atoms with Crippen LogP contribution in [0.4, 0.5) is 0 Å². The number of nitrogens with two attached hydrogens (primary N) is 2. The highest BCUT2D eigenvalue weighted by Crippen LogP contribution is 1.37. The lowest BCUT2D eigenvalue weighted by molar-refractivity contribution is 0.450. The van der Waals surface area contributed by atoms with Gasteiger partial charge in [0.1, 0.15) is 0 Å². The van der Waals surface area contributed by atoms with Crippen molar-refractivity contribution < 1.29 is 0 Å². The molecular weight excluding hydrogens is 94.1 g/mol. The van der Waals surface area contributed by atoms with E-state index in [1.54, 1.807) is 0 Å². The fourth-order valence-electron chi connectivity index (χ4n) is 0.186. The predicted molar refractivity (Wildman–Crippen MR) is 27.5 cm³/mol. The SMILES string of the molecule is NCCNNNN. The lowest BCUT2D eigenvalue weighted by atomic mass is 10.7. The second kappa shape index (κ2) is 5.80. The molecule has 0 atom stereocenters. The van der Waals surface area contributed by atoms with Crippen LogP contribution in [0.2, 0.25) is 0 Å². The zero-order valence-electron chi connectivity index (χ0n) is 4.07. The van der Waals surface area contributed by atoms with Crippen LogP contribution in [-0.2, 0) is 0 Å². The molecule has 5 nitrogen and oxygen atoms in total. The molecule has 7 heavy (non-hydrogen) atoms. The van der Waals surface area contributed by atoms with Gasteiger partial charge in [-0.25, -0.2) is 5.43 Å². The second-order valence-corrected chi connectivity index (χ2v) is 0.985. The Morgan fingerprint density at radius 2 is 2.14 bits per heavy atom. The molecule has 0 bridgehead atoms. The van der Waals surface area contributed by atoms with Gasteiger partial charge >= 0.3 is 0 Å². The molecule has 0 fully saturated rings. The Morgan fingerprint density at radius 1 is 1.43 bits per heavy atom. The summed E-state index contributed by atoms with van der Waals surface area (Å²) in [6.07, 6.45) is 0. The lowest BCUT2D eigenvalue weighted by Crippen LogP contribution is -2.48. The van der Waals surface area contributed by atoms with E-state index in [4.69, 9.17) is 11.6 Å². The van der Waals surface area contributed by atoms with Crippen molar-refractivity contribution in [2.45, 2.75) is 0 Å². The first kappa shape index (κ1) is 6.80. The third kappa shape index (κ3) is 5.80. The van der Waals surface area contributed by atoms with Crippen LogP contribution in [-0.4, -0.2) is 13.1 Å². The van der Waals surface area contributed by atoms with Crippen LogP contribution in [0.5, 0.6) is 0 Å². The van der Waals surface area contributed by atoms with E-state index in [1.807, 2.05) is 0 Å². The fraction of sp³-hybridized carbons (Fsp3) is 1.00. The van der Waals surface area contributed by atoms with Crippen LogP contribution in [0.3, 0.4) is 0 Å². The Kier molecular flexibility index (Phi) is 5.63. The van der Waals surface area contributed by atoms with E-state index in [0.29, 0.717) is 13.1 Å². The van der Waals surface area contributed by atoms with Crippen LogP contribution < -0.4 is 28.1 Å². The minimum absolute atomic E-state index is 0.592. The molecule has 0 spiro atoms. The Balaban J connectivity index is 2.45. The molecule has 0 aliphatic carbocycles. The van der Waals surface area contributed by atoms with Gasteiger partial charge in [-0.15, -0.1) is 0 Å². The molecule has 0 aromatic rings. The van der Waals surface area contributed by atoms with Crippen LogP contribution in [0, 0.1) is 0 Å². The van der Waals surface area contributed by atoms with Crippen LogP contribution in [0.25, 0.3) is 0 Å². The summed E-state index contributed by atoms with van der Waals surface area (Å²) in [5, 5.41) is 0. The number of rotatable bonds is 4. The molecular formula is C2H11N5. The van der Waals surface area contributed by atoms with Gasteiger partial charge in [0.05, 0.1) is 0 Å². The minimum Gasteiger partial charge on any atom is -0.329 e. The van der Waals surface area contributed by atoms with Crippen molar-refractivity contribution in [2.24, 2.45) is 11.6 Å². The molecule has 0 aliphatic heterocycles. The van der Waals surface area contributed by atoms with Gasteiger partial charge in [-0.3, -0.25) is 5.84 Å². The summed E-state index contributed by atoms with van der Waals surface area (Å²) in [4.78, 5) is 0. The van der Waals surface area contributed by atoms with Crippen molar-refractivity contribution >= 4 is 0 Å². The summed E-state index contributed by atoms with van der Waals surface area (Å²) < 4.78 is 0. The van der Waals surface area contributed by atoms with E-state index in [9.17, 15) is 0 Å². The van der Waals surface area contributed by atoms with Crippen LogP contribution in [0.1, 0.15) is 0 Å². The molecule has 7 N–H and O–H groups in total. The third-order valence-corrected chi connectivity index (χ3v) is 0.430. The quantitative estimate of drug-likeness (QED) is 0.154. The smallest absolute Gasteiger partial charge is 0.0237 e. The molecule has 0 amide bonds. The number of hydrogen-bond acceptors (Lipinski definition) is 5. The highest BCUT2D eigenvalue weighted by atomic mass is 15.7. The minimum atomic E-state index is 0.592. The van der Waals surface area contributed by atoms with E-state index in [0.717, 1.165) is 0 Å². The van der Waals surface area contributed by atoms with Crippen molar-refractivity contribution in [2.75, 3.05) is 13.1 Å². The Labute approximate surface area is 42.3 Å².